The molecule has 0 aliphatic carbocycles. The van der Waals surface area contributed by atoms with Gasteiger partial charge in [-0.3, -0.25) is 4.90 Å². The number of nitrogens with zero attached hydrogens (tertiary/aromatic N) is 1. The van der Waals surface area contributed by atoms with E-state index in [0.29, 0.717) is 0 Å². The van der Waals surface area contributed by atoms with E-state index in [2.05, 4.69) is 24.1 Å². The van der Waals surface area contributed by atoms with Gasteiger partial charge in [0.05, 0.1) is 0 Å². The van der Waals surface area contributed by atoms with Gasteiger partial charge in [0.25, 0.3) is 0 Å². The second kappa shape index (κ2) is 5.55. The maximum absolute atomic E-state index is 3.44. The van der Waals surface area contributed by atoms with Crippen LogP contribution in [0, 0.1) is 0 Å². The molecule has 1 N–H and O–H groups in total. The van der Waals surface area contributed by atoms with Gasteiger partial charge < -0.3 is 5.32 Å². The maximum atomic E-state index is 3.44. The van der Waals surface area contributed by atoms with Gasteiger partial charge >= 0.3 is 0 Å². The van der Waals surface area contributed by atoms with E-state index in [1.165, 1.54) is 45.4 Å². The molecule has 1 saturated heterocycles. The van der Waals surface area contributed by atoms with Crippen LogP contribution < -0.4 is 5.32 Å². The summed E-state index contributed by atoms with van der Waals surface area (Å²) in [7, 11) is 0. The van der Waals surface area contributed by atoms with Gasteiger partial charge in [-0.15, -0.1) is 0 Å². The molecular formula is C10H22N2. The molecule has 1 unspecified atom stereocenters. The minimum absolute atomic E-state index is 0.784. The molecule has 1 aliphatic heterocycles. The fourth-order valence-electron chi connectivity index (χ4n) is 1.75. The van der Waals surface area contributed by atoms with Crippen molar-refractivity contribution in [3.8, 4) is 0 Å². The first-order chi connectivity index (χ1) is 5.84. The van der Waals surface area contributed by atoms with E-state index < -0.39 is 0 Å². The largest absolute Gasteiger partial charge is 0.315 e. The highest BCUT2D eigenvalue weighted by molar-refractivity contribution is 4.72. The Bertz CT molecular complexity index is 114. The zero-order valence-electron chi connectivity index (χ0n) is 8.47. The summed E-state index contributed by atoms with van der Waals surface area (Å²) in [5.41, 5.74) is 0. The van der Waals surface area contributed by atoms with Gasteiger partial charge in [-0.05, 0) is 32.9 Å². The Labute approximate surface area is 76.3 Å². The molecule has 72 valence electrons. The summed E-state index contributed by atoms with van der Waals surface area (Å²) < 4.78 is 0. The van der Waals surface area contributed by atoms with Gasteiger partial charge in [-0.1, -0.05) is 13.3 Å². The maximum Gasteiger partial charge on any atom is 0.0110 e. The average molecular weight is 170 g/mol. The second-order valence-electron chi connectivity index (χ2n) is 3.78. The van der Waals surface area contributed by atoms with Gasteiger partial charge in [0, 0.05) is 19.1 Å². The molecule has 1 heterocycles. The van der Waals surface area contributed by atoms with Crippen molar-refractivity contribution in [1.29, 1.82) is 0 Å². The van der Waals surface area contributed by atoms with Crippen LogP contribution in [-0.4, -0.2) is 37.1 Å². The molecule has 2 heteroatoms. The lowest BCUT2D eigenvalue weighted by Gasteiger charge is -2.26. The molecule has 1 atom stereocenters. The fraction of sp³-hybridized carbons (Fsp3) is 1.00. The standard InChI is InChI=1S/C10H22N2/c1-3-4-8-12-9-7-11-6-5-10(12)2/h10-11H,3-9H2,1-2H3. The van der Waals surface area contributed by atoms with Crippen LogP contribution >= 0.6 is 0 Å². The third-order valence-corrected chi connectivity index (χ3v) is 2.74. The number of hydrogen-bond acceptors (Lipinski definition) is 2. The third-order valence-electron chi connectivity index (χ3n) is 2.74. The molecule has 1 fully saturated rings. The Morgan fingerprint density at radius 2 is 2.25 bits per heavy atom. The number of nitrogens with one attached hydrogen (secondary N) is 1. The third kappa shape index (κ3) is 3.11. The Morgan fingerprint density at radius 1 is 1.42 bits per heavy atom. The monoisotopic (exact) mass is 170 g/mol. The zero-order valence-corrected chi connectivity index (χ0v) is 8.47. The molecule has 12 heavy (non-hydrogen) atoms. The molecule has 0 aromatic carbocycles. The lowest BCUT2D eigenvalue weighted by molar-refractivity contribution is 0.217. The first kappa shape index (κ1) is 10.0. The highest BCUT2D eigenvalue weighted by Crippen LogP contribution is 2.06. The van der Waals surface area contributed by atoms with E-state index in [1.54, 1.807) is 0 Å². The van der Waals surface area contributed by atoms with Crippen molar-refractivity contribution in [3.05, 3.63) is 0 Å². The minimum Gasteiger partial charge on any atom is -0.315 e. The van der Waals surface area contributed by atoms with Gasteiger partial charge in [0.2, 0.25) is 0 Å². The topological polar surface area (TPSA) is 15.3 Å². The van der Waals surface area contributed by atoms with E-state index in [4.69, 9.17) is 0 Å². The zero-order chi connectivity index (χ0) is 8.81. The SMILES string of the molecule is CCCCN1CCNCCC1C. The van der Waals surface area contributed by atoms with Crippen molar-refractivity contribution < 1.29 is 0 Å². The fourth-order valence-corrected chi connectivity index (χ4v) is 1.75. The van der Waals surface area contributed by atoms with Crippen LogP contribution in [0.25, 0.3) is 0 Å². The summed E-state index contributed by atoms with van der Waals surface area (Å²) in [6, 6.07) is 0.784. The molecule has 0 bridgehead atoms. The van der Waals surface area contributed by atoms with E-state index >= 15 is 0 Å². The quantitative estimate of drug-likeness (QED) is 0.690. The lowest BCUT2D eigenvalue weighted by Crippen LogP contribution is -2.35. The van der Waals surface area contributed by atoms with Gasteiger partial charge in [-0.25, -0.2) is 0 Å². The van der Waals surface area contributed by atoms with Crippen LogP contribution in [0.3, 0.4) is 0 Å². The van der Waals surface area contributed by atoms with Crippen molar-refractivity contribution in [2.75, 3.05) is 26.2 Å². The van der Waals surface area contributed by atoms with Crippen molar-refractivity contribution in [2.45, 2.75) is 39.2 Å². The normalized spacial score (nSPS) is 27.0. The highest BCUT2D eigenvalue weighted by atomic mass is 15.2. The van der Waals surface area contributed by atoms with Crippen molar-refractivity contribution >= 4 is 0 Å². The van der Waals surface area contributed by atoms with E-state index in [9.17, 15) is 0 Å². The van der Waals surface area contributed by atoms with Gasteiger partial charge in [0.1, 0.15) is 0 Å². The van der Waals surface area contributed by atoms with Crippen LogP contribution in [0.4, 0.5) is 0 Å². The number of hydrogen-bond donors (Lipinski definition) is 1. The first-order valence-electron chi connectivity index (χ1n) is 5.29. The van der Waals surface area contributed by atoms with Crippen LogP contribution in [0.1, 0.15) is 33.1 Å². The first-order valence-corrected chi connectivity index (χ1v) is 5.29. The summed E-state index contributed by atoms with van der Waals surface area (Å²) in [6.07, 6.45) is 3.98. The number of rotatable bonds is 3. The Morgan fingerprint density at radius 3 is 3.00 bits per heavy atom. The smallest absolute Gasteiger partial charge is 0.0110 e. The Balaban J connectivity index is 2.26. The summed E-state index contributed by atoms with van der Waals surface area (Å²) >= 11 is 0. The molecule has 1 rings (SSSR count). The van der Waals surface area contributed by atoms with Crippen LogP contribution in [-0.2, 0) is 0 Å². The number of unbranched alkanes of at least 4 members (excludes halogenated alkanes) is 1. The van der Waals surface area contributed by atoms with Gasteiger partial charge in [-0.2, -0.15) is 0 Å². The van der Waals surface area contributed by atoms with E-state index in [0.717, 1.165) is 6.04 Å². The van der Waals surface area contributed by atoms with E-state index in [-0.39, 0.29) is 0 Å². The van der Waals surface area contributed by atoms with Crippen molar-refractivity contribution in [1.82, 2.24) is 10.2 Å². The molecule has 0 radical (unpaired) electrons. The van der Waals surface area contributed by atoms with Crippen molar-refractivity contribution in [3.63, 3.8) is 0 Å². The average Bonchev–Trinajstić information content (AvgIpc) is 2.27. The molecule has 2 nitrogen and oxygen atoms in total. The summed E-state index contributed by atoms with van der Waals surface area (Å²) in [6.45, 7) is 9.52. The highest BCUT2D eigenvalue weighted by Gasteiger charge is 2.14. The van der Waals surface area contributed by atoms with Crippen LogP contribution in [0.5, 0.6) is 0 Å². The lowest BCUT2D eigenvalue weighted by atomic mass is 10.2. The van der Waals surface area contributed by atoms with Crippen LogP contribution in [0.2, 0.25) is 0 Å². The molecular weight excluding hydrogens is 148 g/mol. The Hall–Kier alpha value is -0.0800. The molecule has 0 aromatic rings. The van der Waals surface area contributed by atoms with Crippen LogP contribution in [0.15, 0.2) is 0 Å². The predicted molar refractivity (Wildman–Crippen MR) is 53.4 cm³/mol. The molecule has 0 saturated carbocycles. The second-order valence-corrected chi connectivity index (χ2v) is 3.78. The van der Waals surface area contributed by atoms with Crippen molar-refractivity contribution in [2.24, 2.45) is 0 Å². The van der Waals surface area contributed by atoms with Gasteiger partial charge in [0.15, 0.2) is 0 Å². The summed E-state index contributed by atoms with van der Waals surface area (Å²) in [5.74, 6) is 0. The van der Waals surface area contributed by atoms with E-state index in [1.807, 2.05) is 0 Å². The molecule has 0 amide bonds. The minimum atomic E-state index is 0.784. The summed E-state index contributed by atoms with van der Waals surface area (Å²) in [4.78, 5) is 2.61. The molecule has 0 aromatic heterocycles. The predicted octanol–water partition coefficient (Wildman–Crippen LogP) is 1.47. The summed E-state index contributed by atoms with van der Waals surface area (Å²) in [5, 5.41) is 3.44. The molecule has 0 spiro atoms. The Kier molecular flexibility index (Phi) is 4.62. The molecule has 1 aliphatic rings.